The first-order valence-corrected chi connectivity index (χ1v) is 8.59. The second-order valence-electron chi connectivity index (χ2n) is 6.17. The van der Waals surface area contributed by atoms with E-state index in [-0.39, 0.29) is 30.9 Å². The third kappa shape index (κ3) is 3.74. The molecule has 0 aromatic heterocycles. The first kappa shape index (κ1) is 17.7. The van der Waals surface area contributed by atoms with E-state index in [0.717, 1.165) is 11.3 Å². The van der Waals surface area contributed by atoms with Crippen LogP contribution in [0, 0.1) is 6.92 Å². The number of nitrogens with zero attached hydrogens (tertiary/aromatic N) is 1. The molecule has 2 aromatic rings. The van der Waals surface area contributed by atoms with Crippen LogP contribution >= 0.6 is 0 Å². The van der Waals surface area contributed by atoms with E-state index in [0.29, 0.717) is 17.7 Å². The predicted molar refractivity (Wildman–Crippen MR) is 98.1 cm³/mol. The van der Waals surface area contributed by atoms with Crippen molar-refractivity contribution in [3.05, 3.63) is 70.8 Å². The van der Waals surface area contributed by atoms with Crippen LogP contribution in [0.25, 0.3) is 0 Å². The largest absolute Gasteiger partial charge is 0.338 e. The molecule has 0 saturated heterocycles. The smallest absolute Gasteiger partial charge is 0.314 e. The molecule has 0 fully saturated rings. The topological polar surface area (TPSA) is 78.5 Å². The Balaban J connectivity index is 1.41. The van der Waals surface area contributed by atoms with Gasteiger partial charge in [0.1, 0.15) is 0 Å². The number of rotatable bonds is 6. The van der Waals surface area contributed by atoms with Crippen LogP contribution in [0.3, 0.4) is 0 Å². The minimum absolute atomic E-state index is 0.150. The van der Waals surface area contributed by atoms with E-state index in [2.05, 4.69) is 10.6 Å². The van der Waals surface area contributed by atoms with Crippen molar-refractivity contribution in [2.75, 3.05) is 19.6 Å². The van der Waals surface area contributed by atoms with Gasteiger partial charge in [0.05, 0.1) is 11.1 Å². The Hall–Kier alpha value is -3.15. The highest BCUT2D eigenvalue weighted by atomic mass is 16.2. The van der Waals surface area contributed by atoms with Crippen LogP contribution in [0.4, 0.5) is 4.79 Å². The minimum atomic E-state index is -0.313. The number of imide groups is 1. The standard InChI is InChI=1S/C20H21N3O3/c1-14-6-2-3-7-15(14)10-11-21-20(26)22-12-13-23-18(24)16-8-4-5-9-17(16)19(23)25/h2-9H,10-13H2,1H3,(H2,21,22,26). The molecule has 2 N–H and O–H groups in total. The van der Waals surface area contributed by atoms with Gasteiger partial charge in [0.15, 0.2) is 0 Å². The summed E-state index contributed by atoms with van der Waals surface area (Å²) in [7, 11) is 0. The van der Waals surface area contributed by atoms with Crippen molar-refractivity contribution in [3.63, 3.8) is 0 Å². The summed E-state index contributed by atoms with van der Waals surface area (Å²) in [6.45, 7) is 2.92. The van der Waals surface area contributed by atoms with Crippen molar-refractivity contribution in [1.29, 1.82) is 0 Å². The van der Waals surface area contributed by atoms with Gasteiger partial charge in [-0.05, 0) is 36.6 Å². The Bertz CT molecular complexity index is 813. The molecule has 2 aromatic carbocycles. The number of nitrogens with one attached hydrogen (secondary N) is 2. The first-order chi connectivity index (χ1) is 12.6. The fourth-order valence-corrected chi connectivity index (χ4v) is 2.99. The van der Waals surface area contributed by atoms with E-state index in [4.69, 9.17) is 0 Å². The number of benzene rings is 2. The molecular weight excluding hydrogens is 330 g/mol. The Morgan fingerprint density at radius 2 is 1.46 bits per heavy atom. The van der Waals surface area contributed by atoms with Gasteiger partial charge in [-0.25, -0.2) is 4.79 Å². The average Bonchev–Trinajstić information content (AvgIpc) is 2.88. The maximum atomic E-state index is 12.2. The average molecular weight is 351 g/mol. The van der Waals surface area contributed by atoms with E-state index in [1.807, 2.05) is 31.2 Å². The Morgan fingerprint density at radius 3 is 2.12 bits per heavy atom. The van der Waals surface area contributed by atoms with Gasteiger partial charge in [0.2, 0.25) is 0 Å². The molecule has 0 aliphatic carbocycles. The fraction of sp³-hybridized carbons (Fsp3) is 0.250. The third-order valence-corrected chi connectivity index (χ3v) is 4.44. The van der Waals surface area contributed by atoms with Crippen molar-refractivity contribution in [1.82, 2.24) is 15.5 Å². The van der Waals surface area contributed by atoms with Gasteiger partial charge in [-0.1, -0.05) is 36.4 Å². The van der Waals surface area contributed by atoms with Gasteiger partial charge in [0.25, 0.3) is 11.8 Å². The van der Waals surface area contributed by atoms with Crippen LogP contribution in [0.5, 0.6) is 0 Å². The van der Waals surface area contributed by atoms with E-state index in [9.17, 15) is 14.4 Å². The molecule has 0 atom stereocenters. The highest BCUT2D eigenvalue weighted by molar-refractivity contribution is 6.21. The molecule has 26 heavy (non-hydrogen) atoms. The third-order valence-electron chi connectivity index (χ3n) is 4.44. The molecule has 134 valence electrons. The molecular formula is C20H21N3O3. The lowest BCUT2D eigenvalue weighted by molar-refractivity contribution is 0.0656. The Labute approximate surface area is 152 Å². The zero-order chi connectivity index (χ0) is 18.5. The van der Waals surface area contributed by atoms with Gasteiger partial charge in [0, 0.05) is 19.6 Å². The molecule has 1 aliphatic heterocycles. The van der Waals surface area contributed by atoms with Crippen LogP contribution in [0.15, 0.2) is 48.5 Å². The zero-order valence-corrected chi connectivity index (χ0v) is 14.6. The van der Waals surface area contributed by atoms with Gasteiger partial charge in [-0.15, -0.1) is 0 Å². The molecule has 6 nitrogen and oxygen atoms in total. The van der Waals surface area contributed by atoms with E-state index < -0.39 is 0 Å². The van der Waals surface area contributed by atoms with Crippen molar-refractivity contribution >= 4 is 17.8 Å². The lowest BCUT2D eigenvalue weighted by Crippen LogP contribution is -2.42. The predicted octanol–water partition coefficient (Wildman–Crippen LogP) is 2.13. The van der Waals surface area contributed by atoms with Crippen LogP contribution in [0.1, 0.15) is 31.8 Å². The lowest BCUT2D eigenvalue weighted by atomic mass is 10.1. The first-order valence-electron chi connectivity index (χ1n) is 8.59. The number of urea groups is 1. The number of fused-ring (bicyclic) bond motifs is 1. The van der Waals surface area contributed by atoms with Crippen LogP contribution < -0.4 is 10.6 Å². The molecule has 0 saturated carbocycles. The quantitative estimate of drug-likeness (QED) is 0.783. The summed E-state index contributed by atoms with van der Waals surface area (Å²) in [5.41, 5.74) is 3.22. The van der Waals surface area contributed by atoms with Gasteiger partial charge < -0.3 is 10.6 Å². The molecule has 4 amide bonds. The van der Waals surface area contributed by atoms with Gasteiger partial charge in [-0.3, -0.25) is 14.5 Å². The number of aryl methyl sites for hydroxylation is 1. The molecule has 3 rings (SSSR count). The van der Waals surface area contributed by atoms with Crippen molar-refractivity contribution in [2.24, 2.45) is 0 Å². The number of hydrogen-bond acceptors (Lipinski definition) is 3. The number of amides is 4. The fourth-order valence-electron chi connectivity index (χ4n) is 2.99. The SMILES string of the molecule is Cc1ccccc1CCNC(=O)NCCN1C(=O)c2ccccc2C1=O. The second-order valence-corrected chi connectivity index (χ2v) is 6.17. The molecule has 1 heterocycles. The lowest BCUT2D eigenvalue weighted by Gasteiger charge is -2.14. The summed E-state index contributed by atoms with van der Waals surface area (Å²) in [5, 5.41) is 5.47. The van der Waals surface area contributed by atoms with Gasteiger partial charge in [-0.2, -0.15) is 0 Å². The molecule has 0 spiro atoms. The highest BCUT2D eigenvalue weighted by Gasteiger charge is 2.34. The van der Waals surface area contributed by atoms with Crippen molar-refractivity contribution < 1.29 is 14.4 Å². The maximum Gasteiger partial charge on any atom is 0.314 e. The maximum absolute atomic E-state index is 12.2. The summed E-state index contributed by atoms with van der Waals surface area (Å²) in [5.74, 6) is -0.625. The molecule has 1 aliphatic rings. The summed E-state index contributed by atoms with van der Waals surface area (Å²) in [6, 6.07) is 14.5. The minimum Gasteiger partial charge on any atom is -0.338 e. The zero-order valence-electron chi connectivity index (χ0n) is 14.6. The molecule has 0 radical (unpaired) electrons. The summed E-state index contributed by atoms with van der Waals surface area (Å²) in [6.07, 6.45) is 0.749. The monoisotopic (exact) mass is 351 g/mol. The van der Waals surface area contributed by atoms with Crippen LogP contribution in [-0.4, -0.2) is 42.4 Å². The van der Waals surface area contributed by atoms with Crippen molar-refractivity contribution in [2.45, 2.75) is 13.3 Å². The van der Waals surface area contributed by atoms with E-state index >= 15 is 0 Å². The summed E-state index contributed by atoms with van der Waals surface area (Å²) < 4.78 is 0. The Kier molecular flexibility index (Phi) is 5.31. The van der Waals surface area contributed by atoms with Crippen LogP contribution in [-0.2, 0) is 6.42 Å². The second kappa shape index (κ2) is 7.82. The highest BCUT2D eigenvalue weighted by Crippen LogP contribution is 2.21. The summed E-state index contributed by atoms with van der Waals surface area (Å²) >= 11 is 0. The molecule has 0 unspecified atom stereocenters. The summed E-state index contributed by atoms with van der Waals surface area (Å²) in [4.78, 5) is 37.5. The van der Waals surface area contributed by atoms with Crippen LogP contribution in [0.2, 0.25) is 0 Å². The Morgan fingerprint density at radius 1 is 0.885 bits per heavy atom. The van der Waals surface area contributed by atoms with E-state index in [1.165, 1.54) is 11.1 Å². The van der Waals surface area contributed by atoms with Crippen molar-refractivity contribution in [3.8, 4) is 0 Å². The number of carbonyl (C=O) groups excluding carboxylic acids is 3. The number of carbonyl (C=O) groups is 3. The van der Waals surface area contributed by atoms with Gasteiger partial charge >= 0.3 is 6.03 Å². The molecule has 6 heteroatoms. The van der Waals surface area contributed by atoms with E-state index in [1.54, 1.807) is 24.3 Å². The number of hydrogen-bond donors (Lipinski definition) is 2. The molecule has 0 bridgehead atoms. The normalized spacial score (nSPS) is 12.9.